The largest absolute Gasteiger partial charge is 0.480 e. The summed E-state index contributed by atoms with van der Waals surface area (Å²) < 4.78 is 5.62. The first-order valence-corrected chi connectivity index (χ1v) is 17.5. The number of rotatable bonds is 12. The number of methoxy groups -OCH3 is 1. The number of nitrogens with one attached hydrogen (secondary N) is 1. The molecule has 2 aromatic heterocycles. The van der Waals surface area contributed by atoms with Gasteiger partial charge < -0.3 is 10.1 Å². The van der Waals surface area contributed by atoms with Gasteiger partial charge in [-0.2, -0.15) is 0 Å². The molecule has 0 bridgehead atoms. The predicted octanol–water partition coefficient (Wildman–Crippen LogP) is 7.62. The van der Waals surface area contributed by atoms with Crippen LogP contribution in [0, 0.1) is 6.92 Å². The zero-order valence-corrected chi connectivity index (χ0v) is 29.3. The molecule has 2 aliphatic rings. The maximum atomic E-state index is 13.6. The molecular weight excluding hydrogens is 645 g/mol. The molecule has 2 aromatic carbocycles. The summed E-state index contributed by atoms with van der Waals surface area (Å²) in [6.45, 7) is 7.08. The van der Waals surface area contributed by atoms with Crippen LogP contribution >= 0.6 is 23.2 Å². The van der Waals surface area contributed by atoms with Gasteiger partial charge in [0.1, 0.15) is 11.4 Å². The molecule has 0 saturated carbocycles. The Kier molecular flexibility index (Phi) is 10.7. The number of hydrogen-bond donors (Lipinski definition) is 1. The van der Waals surface area contributed by atoms with Crippen molar-refractivity contribution in [1.29, 1.82) is 0 Å². The number of carbonyl (C=O) groups is 2. The van der Waals surface area contributed by atoms with Crippen LogP contribution in [0.5, 0.6) is 5.88 Å². The van der Waals surface area contributed by atoms with Crippen LogP contribution in [0.1, 0.15) is 77.6 Å². The highest BCUT2D eigenvalue weighted by atomic mass is 35.5. The molecule has 8 nitrogen and oxygen atoms in total. The van der Waals surface area contributed by atoms with Crippen molar-refractivity contribution < 1.29 is 14.3 Å². The van der Waals surface area contributed by atoms with Gasteiger partial charge in [-0.1, -0.05) is 66.5 Å². The van der Waals surface area contributed by atoms with E-state index in [2.05, 4.69) is 29.0 Å². The van der Waals surface area contributed by atoms with Crippen molar-refractivity contribution in [2.24, 2.45) is 0 Å². The van der Waals surface area contributed by atoms with Crippen LogP contribution in [0.25, 0.3) is 22.4 Å². The standard InChI is InChI=1S/C38H41Cl2N5O3/c1-4-17-45-18-16-26-23(2)19-31(43-33(26)22-45)34(46)20-24-8-5-10-27(36(24)39)28-11-7-12-29(37(28)40)32-21-41-30(38(44-32)48-3)13-6-9-25-14-15-35(47)42-25/h5,7-8,10-12,19,21,25H,4,6,9,13-18,20,22H2,1-3H3,(H,42,47). The Hall–Kier alpha value is -3.85. The summed E-state index contributed by atoms with van der Waals surface area (Å²) in [7, 11) is 1.58. The lowest BCUT2D eigenvalue weighted by molar-refractivity contribution is -0.119. The Balaban J connectivity index is 1.21. The zero-order chi connectivity index (χ0) is 33.8. The topological polar surface area (TPSA) is 97.3 Å². The summed E-state index contributed by atoms with van der Waals surface area (Å²) in [4.78, 5) is 41.8. The number of aromatic nitrogens is 3. The minimum atomic E-state index is -0.0668. The fourth-order valence-corrected chi connectivity index (χ4v) is 7.46. The average Bonchev–Trinajstić information content (AvgIpc) is 3.50. The van der Waals surface area contributed by atoms with Crippen molar-refractivity contribution in [3.8, 4) is 28.3 Å². The lowest BCUT2D eigenvalue weighted by Crippen LogP contribution is -2.32. The maximum absolute atomic E-state index is 13.6. The van der Waals surface area contributed by atoms with Crippen molar-refractivity contribution in [3.63, 3.8) is 0 Å². The maximum Gasteiger partial charge on any atom is 0.235 e. The average molecular weight is 687 g/mol. The monoisotopic (exact) mass is 685 g/mol. The highest BCUT2D eigenvalue weighted by molar-refractivity contribution is 6.38. The lowest BCUT2D eigenvalue weighted by Gasteiger charge is -2.29. The Morgan fingerprint density at radius 2 is 1.83 bits per heavy atom. The van der Waals surface area contributed by atoms with Crippen molar-refractivity contribution >= 4 is 34.9 Å². The number of fused-ring (bicyclic) bond motifs is 1. The first kappa shape index (κ1) is 34.0. The Labute approximate surface area is 292 Å². The summed E-state index contributed by atoms with van der Waals surface area (Å²) in [5.41, 5.74) is 8.10. The van der Waals surface area contributed by atoms with Gasteiger partial charge in [-0.3, -0.25) is 19.5 Å². The molecule has 4 heterocycles. The van der Waals surface area contributed by atoms with E-state index < -0.39 is 0 Å². The number of Topliss-reactive ketones (excluding diaryl/α,β-unsaturated/α-hetero) is 1. The van der Waals surface area contributed by atoms with E-state index in [0.717, 1.165) is 79.8 Å². The molecule has 0 aliphatic carbocycles. The van der Waals surface area contributed by atoms with Crippen molar-refractivity contribution in [3.05, 3.63) is 92.5 Å². The van der Waals surface area contributed by atoms with Crippen LogP contribution in [0.4, 0.5) is 0 Å². The molecule has 0 radical (unpaired) electrons. The number of aryl methyl sites for hydroxylation is 2. The van der Waals surface area contributed by atoms with E-state index in [1.807, 2.05) is 42.5 Å². The first-order chi connectivity index (χ1) is 23.2. The number of nitrogens with zero attached hydrogens (tertiary/aromatic N) is 4. The van der Waals surface area contributed by atoms with Crippen molar-refractivity contribution in [2.45, 2.75) is 77.8 Å². The SMILES string of the molecule is CCCN1CCc2c(C)cc(C(=O)Cc3cccc(-c4cccc(-c5cnc(CCCC6CCC(=O)N6)c(OC)n5)c4Cl)c3Cl)nc2C1. The molecule has 2 aliphatic heterocycles. The fourth-order valence-electron chi connectivity index (χ4n) is 6.85. The molecule has 48 heavy (non-hydrogen) atoms. The first-order valence-electron chi connectivity index (χ1n) is 16.8. The molecule has 1 amide bonds. The van der Waals surface area contributed by atoms with E-state index in [1.54, 1.807) is 13.3 Å². The highest BCUT2D eigenvalue weighted by Gasteiger charge is 2.24. The van der Waals surface area contributed by atoms with Crippen LogP contribution in [0.15, 0.2) is 48.7 Å². The number of ketones is 1. The number of amides is 1. The van der Waals surface area contributed by atoms with Gasteiger partial charge in [0.15, 0.2) is 5.78 Å². The van der Waals surface area contributed by atoms with Crippen LogP contribution in [-0.2, 0) is 30.6 Å². The number of carbonyl (C=O) groups excluding carboxylic acids is 2. The summed E-state index contributed by atoms with van der Waals surface area (Å²) in [6.07, 6.45) is 7.81. The van der Waals surface area contributed by atoms with E-state index in [9.17, 15) is 9.59 Å². The Morgan fingerprint density at radius 1 is 1.06 bits per heavy atom. The van der Waals surface area contributed by atoms with Gasteiger partial charge in [0, 0.05) is 48.7 Å². The van der Waals surface area contributed by atoms with Gasteiger partial charge in [-0.05, 0) is 74.8 Å². The predicted molar refractivity (Wildman–Crippen MR) is 190 cm³/mol. The smallest absolute Gasteiger partial charge is 0.235 e. The fraction of sp³-hybridized carbons (Fsp3) is 0.395. The Morgan fingerprint density at radius 3 is 2.58 bits per heavy atom. The second-order valence-corrected chi connectivity index (χ2v) is 13.5. The Bertz CT molecular complexity index is 1850. The molecule has 250 valence electrons. The third kappa shape index (κ3) is 7.41. The summed E-state index contributed by atoms with van der Waals surface area (Å²) >= 11 is 14.1. The number of halogens is 2. The van der Waals surface area contributed by atoms with E-state index in [0.29, 0.717) is 51.3 Å². The van der Waals surface area contributed by atoms with Crippen LogP contribution in [0.2, 0.25) is 10.0 Å². The molecule has 1 N–H and O–H groups in total. The summed E-state index contributed by atoms with van der Waals surface area (Å²) in [6, 6.07) is 13.5. The highest BCUT2D eigenvalue weighted by Crippen LogP contribution is 2.40. The number of pyridine rings is 1. The van der Waals surface area contributed by atoms with Gasteiger partial charge >= 0.3 is 0 Å². The van der Waals surface area contributed by atoms with Gasteiger partial charge in [0.05, 0.1) is 34.7 Å². The molecule has 1 fully saturated rings. The lowest BCUT2D eigenvalue weighted by atomic mass is 9.95. The summed E-state index contributed by atoms with van der Waals surface area (Å²) in [5, 5.41) is 3.97. The van der Waals surface area contributed by atoms with Crippen LogP contribution < -0.4 is 10.1 Å². The van der Waals surface area contributed by atoms with E-state index in [4.69, 9.17) is 37.9 Å². The van der Waals surface area contributed by atoms with E-state index >= 15 is 0 Å². The molecule has 1 saturated heterocycles. The minimum absolute atomic E-state index is 0.0668. The number of ether oxygens (including phenoxy) is 1. The third-order valence-corrected chi connectivity index (χ3v) is 10.2. The normalized spacial score (nSPS) is 16.1. The molecular formula is C38H41Cl2N5O3. The molecule has 10 heteroatoms. The molecule has 1 unspecified atom stereocenters. The molecule has 0 spiro atoms. The van der Waals surface area contributed by atoms with Gasteiger partial charge in [0.25, 0.3) is 0 Å². The minimum Gasteiger partial charge on any atom is -0.480 e. The number of hydrogen-bond acceptors (Lipinski definition) is 7. The third-order valence-electron chi connectivity index (χ3n) is 9.36. The molecule has 6 rings (SSSR count). The van der Waals surface area contributed by atoms with Gasteiger partial charge in [0.2, 0.25) is 11.8 Å². The quantitative estimate of drug-likeness (QED) is 0.153. The van der Waals surface area contributed by atoms with E-state index in [1.165, 1.54) is 5.56 Å². The summed E-state index contributed by atoms with van der Waals surface area (Å²) in [5.74, 6) is 0.508. The van der Waals surface area contributed by atoms with Gasteiger partial charge in [-0.25, -0.2) is 9.97 Å². The second-order valence-electron chi connectivity index (χ2n) is 12.7. The van der Waals surface area contributed by atoms with E-state index in [-0.39, 0.29) is 24.2 Å². The molecule has 4 aromatic rings. The van der Waals surface area contributed by atoms with Crippen molar-refractivity contribution in [1.82, 2.24) is 25.2 Å². The van der Waals surface area contributed by atoms with Crippen molar-refractivity contribution in [2.75, 3.05) is 20.2 Å². The second kappa shape index (κ2) is 15.1. The zero-order valence-electron chi connectivity index (χ0n) is 27.7. The van der Waals surface area contributed by atoms with Crippen LogP contribution in [-0.4, -0.2) is 57.8 Å². The van der Waals surface area contributed by atoms with Gasteiger partial charge in [-0.15, -0.1) is 0 Å². The number of benzene rings is 2. The molecule has 1 atom stereocenters. The van der Waals surface area contributed by atoms with Crippen LogP contribution in [0.3, 0.4) is 0 Å².